The van der Waals surface area contributed by atoms with Crippen molar-refractivity contribution in [3.8, 4) is 5.75 Å². The molecule has 0 aliphatic rings. The average molecular weight is 399 g/mol. The van der Waals surface area contributed by atoms with Gasteiger partial charge >= 0.3 is 0 Å². The standard InChI is InChI=1S/C23H30N2O4/c1-4-17-11-13-18(14-12-17)29-21(5-2)23(27)25-20-10-7-6-9-19(20)22(26)24-15-8-16-28-3/h6-7,9-14,21H,4-5,8,15-16H2,1-3H3,(H,24,26)(H,25,27)/t21-/m0/s1. The van der Waals surface area contributed by atoms with E-state index >= 15 is 0 Å². The average Bonchev–Trinajstić information content (AvgIpc) is 2.75. The summed E-state index contributed by atoms with van der Waals surface area (Å²) in [5.41, 5.74) is 2.09. The van der Waals surface area contributed by atoms with Crippen LogP contribution in [0.25, 0.3) is 0 Å². The number of ether oxygens (including phenoxy) is 2. The molecule has 0 saturated carbocycles. The molecule has 1 atom stereocenters. The van der Waals surface area contributed by atoms with Gasteiger partial charge in [0.25, 0.3) is 11.8 Å². The highest BCUT2D eigenvalue weighted by atomic mass is 16.5. The number of benzene rings is 2. The van der Waals surface area contributed by atoms with Gasteiger partial charge in [0, 0.05) is 20.3 Å². The van der Waals surface area contributed by atoms with Crippen LogP contribution in [0.1, 0.15) is 42.6 Å². The van der Waals surface area contributed by atoms with Crippen LogP contribution in [0.3, 0.4) is 0 Å². The van der Waals surface area contributed by atoms with Gasteiger partial charge < -0.3 is 20.1 Å². The maximum atomic E-state index is 12.8. The molecule has 0 fully saturated rings. The first-order chi connectivity index (χ1) is 14.1. The van der Waals surface area contributed by atoms with E-state index in [1.165, 1.54) is 5.56 Å². The minimum atomic E-state index is -0.653. The van der Waals surface area contributed by atoms with Crippen molar-refractivity contribution in [3.63, 3.8) is 0 Å². The SMILES string of the molecule is CCc1ccc(O[C@@H](CC)C(=O)Nc2ccccc2C(=O)NCCCOC)cc1. The molecule has 2 aromatic rings. The van der Waals surface area contributed by atoms with Crippen molar-refractivity contribution >= 4 is 17.5 Å². The molecule has 156 valence electrons. The molecule has 2 N–H and O–H groups in total. The highest BCUT2D eigenvalue weighted by molar-refractivity contribution is 6.04. The molecule has 0 spiro atoms. The van der Waals surface area contributed by atoms with Crippen LogP contribution >= 0.6 is 0 Å². The molecular formula is C23H30N2O4. The zero-order chi connectivity index (χ0) is 21.1. The number of carbonyl (C=O) groups is 2. The first-order valence-corrected chi connectivity index (χ1v) is 10.0. The highest BCUT2D eigenvalue weighted by Crippen LogP contribution is 2.19. The van der Waals surface area contributed by atoms with E-state index in [1.54, 1.807) is 31.4 Å². The van der Waals surface area contributed by atoms with Gasteiger partial charge in [-0.2, -0.15) is 0 Å². The third-order valence-electron chi connectivity index (χ3n) is 4.51. The second-order valence-electron chi connectivity index (χ2n) is 6.65. The molecule has 0 aliphatic heterocycles. The third kappa shape index (κ3) is 6.91. The topological polar surface area (TPSA) is 76.7 Å². The fourth-order valence-electron chi connectivity index (χ4n) is 2.81. The predicted molar refractivity (Wildman–Crippen MR) is 114 cm³/mol. The molecule has 2 aromatic carbocycles. The maximum absolute atomic E-state index is 12.8. The fraction of sp³-hybridized carbons (Fsp3) is 0.391. The van der Waals surface area contributed by atoms with Gasteiger partial charge in [-0.1, -0.05) is 38.1 Å². The molecule has 29 heavy (non-hydrogen) atoms. The Morgan fingerprint density at radius 3 is 2.41 bits per heavy atom. The molecule has 0 saturated heterocycles. The van der Waals surface area contributed by atoms with Gasteiger partial charge in [-0.05, 0) is 49.1 Å². The fourth-order valence-corrected chi connectivity index (χ4v) is 2.81. The number of hydrogen-bond acceptors (Lipinski definition) is 4. The molecule has 0 unspecified atom stereocenters. The molecule has 0 heterocycles. The number of nitrogens with one attached hydrogen (secondary N) is 2. The van der Waals surface area contributed by atoms with Crippen molar-refractivity contribution in [3.05, 3.63) is 59.7 Å². The largest absolute Gasteiger partial charge is 0.481 e. The Balaban J connectivity index is 2.03. The number of amides is 2. The lowest BCUT2D eigenvalue weighted by atomic mass is 10.1. The first-order valence-electron chi connectivity index (χ1n) is 10.0. The minimum absolute atomic E-state index is 0.235. The lowest BCUT2D eigenvalue weighted by Gasteiger charge is -2.18. The second kappa shape index (κ2) is 11.9. The summed E-state index contributed by atoms with van der Waals surface area (Å²) in [4.78, 5) is 25.2. The molecule has 0 aromatic heterocycles. The van der Waals surface area contributed by atoms with Crippen LogP contribution in [-0.2, 0) is 16.0 Å². The van der Waals surface area contributed by atoms with Crippen molar-refractivity contribution in [1.29, 1.82) is 0 Å². The second-order valence-corrected chi connectivity index (χ2v) is 6.65. The lowest BCUT2D eigenvalue weighted by molar-refractivity contribution is -0.122. The Labute approximate surface area is 172 Å². The van der Waals surface area contributed by atoms with E-state index in [9.17, 15) is 9.59 Å². The van der Waals surface area contributed by atoms with Gasteiger partial charge in [0.2, 0.25) is 0 Å². The molecule has 2 amide bonds. The summed E-state index contributed by atoms with van der Waals surface area (Å²) in [5, 5.41) is 5.68. The van der Waals surface area contributed by atoms with Crippen molar-refractivity contribution in [1.82, 2.24) is 5.32 Å². The van der Waals surface area contributed by atoms with E-state index in [4.69, 9.17) is 9.47 Å². The summed E-state index contributed by atoms with van der Waals surface area (Å²) in [6.07, 6.45) is 1.52. The normalized spacial score (nSPS) is 11.6. The van der Waals surface area contributed by atoms with Gasteiger partial charge in [-0.25, -0.2) is 0 Å². The Hall–Kier alpha value is -2.86. The summed E-state index contributed by atoms with van der Waals surface area (Å²) >= 11 is 0. The lowest BCUT2D eigenvalue weighted by Crippen LogP contribution is -2.33. The number of rotatable bonds is 11. The Kier molecular flexibility index (Phi) is 9.18. The van der Waals surface area contributed by atoms with E-state index < -0.39 is 6.10 Å². The molecule has 6 nitrogen and oxygen atoms in total. The van der Waals surface area contributed by atoms with Gasteiger partial charge in [0.05, 0.1) is 11.3 Å². The number of anilines is 1. The van der Waals surface area contributed by atoms with Crippen LogP contribution in [0.2, 0.25) is 0 Å². The summed E-state index contributed by atoms with van der Waals surface area (Å²) in [6.45, 7) is 5.05. The molecule has 0 bridgehead atoms. The van der Waals surface area contributed by atoms with E-state index in [2.05, 4.69) is 17.6 Å². The van der Waals surface area contributed by atoms with E-state index in [0.717, 1.165) is 12.8 Å². The van der Waals surface area contributed by atoms with Crippen LogP contribution in [0, 0.1) is 0 Å². The number of methoxy groups -OCH3 is 1. The van der Waals surface area contributed by atoms with Gasteiger partial charge in [-0.15, -0.1) is 0 Å². The molecule has 0 aliphatic carbocycles. The van der Waals surface area contributed by atoms with E-state index in [-0.39, 0.29) is 11.8 Å². The number of aryl methyl sites for hydroxylation is 1. The van der Waals surface area contributed by atoms with Gasteiger partial charge in [-0.3, -0.25) is 9.59 Å². The number of carbonyl (C=O) groups excluding carboxylic acids is 2. The van der Waals surface area contributed by atoms with Crippen LogP contribution in [0.15, 0.2) is 48.5 Å². The Morgan fingerprint density at radius 1 is 1.03 bits per heavy atom. The summed E-state index contributed by atoms with van der Waals surface area (Å²) in [6, 6.07) is 14.7. The van der Waals surface area contributed by atoms with E-state index in [0.29, 0.717) is 36.6 Å². The maximum Gasteiger partial charge on any atom is 0.265 e. The van der Waals surface area contributed by atoms with Crippen LogP contribution in [0.4, 0.5) is 5.69 Å². The van der Waals surface area contributed by atoms with Crippen LogP contribution in [0.5, 0.6) is 5.75 Å². The minimum Gasteiger partial charge on any atom is -0.481 e. The summed E-state index contributed by atoms with van der Waals surface area (Å²) in [7, 11) is 1.62. The zero-order valence-corrected chi connectivity index (χ0v) is 17.4. The quantitative estimate of drug-likeness (QED) is 0.564. The first kappa shape index (κ1) is 22.4. The van der Waals surface area contributed by atoms with Gasteiger partial charge in [0.15, 0.2) is 6.10 Å². The van der Waals surface area contributed by atoms with Crippen molar-refractivity contribution in [2.75, 3.05) is 25.6 Å². The molecule has 0 radical (unpaired) electrons. The van der Waals surface area contributed by atoms with Crippen molar-refractivity contribution < 1.29 is 19.1 Å². The number of para-hydroxylation sites is 1. The Bertz CT molecular complexity index is 790. The summed E-state index contributed by atoms with van der Waals surface area (Å²) < 4.78 is 10.8. The molecule has 6 heteroatoms. The van der Waals surface area contributed by atoms with Crippen LogP contribution < -0.4 is 15.4 Å². The molecular weight excluding hydrogens is 368 g/mol. The highest BCUT2D eigenvalue weighted by Gasteiger charge is 2.21. The number of hydrogen-bond donors (Lipinski definition) is 2. The summed E-state index contributed by atoms with van der Waals surface area (Å²) in [5.74, 6) is 0.126. The van der Waals surface area contributed by atoms with Crippen LogP contribution in [-0.4, -0.2) is 38.2 Å². The predicted octanol–water partition coefficient (Wildman–Crippen LogP) is 3.81. The van der Waals surface area contributed by atoms with Gasteiger partial charge in [0.1, 0.15) is 5.75 Å². The Morgan fingerprint density at radius 2 is 1.76 bits per heavy atom. The van der Waals surface area contributed by atoms with E-state index in [1.807, 2.05) is 31.2 Å². The monoisotopic (exact) mass is 398 g/mol. The smallest absolute Gasteiger partial charge is 0.265 e. The van der Waals surface area contributed by atoms with Crippen molar-refractivity contribution in [2.45, 2.75) is 39.2 Å². The third-order valence-corrected chi connectivity index (χ3v) is 4.51. The van der Waals surface area contributed by atoms with Crippen molar-refractivity contribution in [2.24, 2.45) is 0 Å². The molecule has 2 rings (SSSR count). The zero-order valence-electron chi connectivity index (χ0n) is 17.4.